The van der Waals surface area contributed by atoms with Gasteiger partial charge in [-0.3, -0.25) is 9.69 Å². The van der Waals surface area contributed by atoms with Crippen LogP contribution in [0.1, 0.15) is 18.4 Å². The van der Waals surface area contributed by atoms with E-state index in [0.29, 0.717) is 24.6 Å². The fourth-order valence-electron chi connectivity index (χ4n) is 3.56. The lowest BCUT2D eigenvalue weighted by Crippen LogP contribution is -2.48. The Morgan fingerprint density at radius 1 is 1.00 bits per heavy atom. The number of rotatable bonds is 8. The Morgan fingerprint density at radius 2 is 1.71 bits per heavy atom. The van der Waals surface area contributed by atoms with Crippen molar-refractivity contribution in [2.45, 2.75) is 25.4 Å². The van der Waals surface area contributed by atoms with Gasteiger partial charge in [0.15, 0.2) is 11.5 Å². The van der Waals surface area contributed by atoms with Crippen LogP contribution in [0.3, 0.4) is 0 Å². The van der Waals surface area contributed by atoms with Gasteiger partial charge in [0, 0.05) is 31.4 Å². The smallest absolute Gasteiger partial charge is 0.319 e. The largest absolute Gasteiger partial charge is 0.493 e. The second-order valence-electron chi connectivity index (χ2n) is 7.48. The van der Waals surface area contributed by atoms with Crippen molar-refractivity contribution in [1.82, 2.24) is 15.5 Å². The van der Waals surface area contributed by atoms with Crippen molar-refractivity contribution in [3.05, 3.63) is 54.1 Å². The molecule has 166 valence electrons. The number of anilines is 1. The summed E-state index contributed by atoms with van der Waals surface area (Å²) >= 11 is 0. The number of benzene rings is 2. The number of piperidine rings is 1. The summed E-state index contributed by atoms with van der Waals surface area (Å²) in [7, 11) is 3.18. The first-order valence-corrected chi connectivity index (χ1v) is 10.4. The van der Waals surface area contributed by atoms with E-state index in [1.165, 1.54) is 0 Å². The van der Waals surface area contributed by atoms with Gasteiger partial charge in [-0.25, -0.2) is 4.79 Å². The van der Waals surface area contributed by atoms with Crippen LogP contribution in [0.4, 0.5) is 10.5 Å². The SMILES string of the molecule is COc1ccc(CNC(=O)CN2CCC(NC(=O)Nc3ccccc3)CC2)cc1OC. The molecule has 2 aromatic rings. The maximum absolute atomic E-state index is 12.3. The minimum Gasteiger partial charge on any atom is -0.493 e. The van der Waals surface area contributed by atoms with E-state index in [1.807, 2.05) is 48.5 Å². The van der Waals surface area contributed by atoms with Gasteiger partial charge in [-0.1, -0.05) is 24.3 Å². The average molecular weight is 427 g/mol. The Labute approximate surface area is 182 Å². The molecule has 3 N–H and O–H groups in total. The lowest BCUT2D eigenvalue weighted by atomic mass is 10.1. The maximum atomic E-state index is 12.3. The summed E-state index contributed by atoms with van der Waals surface area (Å²) in [6.07, 6.45) is 1.62. The van der Waals surface area contributed by atoms with Crippen molar-refractivity contribution in [3.8, 4) is 11.5 Å². The first-order valence-electron chi connectivity index (χ1n) is 10.4. The molecule has 2 aromatic carbocycles. The Bertz CT molecular complexity index is 867. The van der Waals surface area contributed by atoms with E-state index in [-0.39, 0.29) is 18.0 Å². The summed E-state index contributed by atoms with van der Waals surface area (Å²) in [5.41, 5.74) is 1.71. The van der Waals surface area contributed by atoms with E-state index in [4.69, 9.17) is 9.47 Å². The molecule has 0 saturated carbocycles. The number of hydrogen-bond donors (Lipinski definition) is 3. The van der Waals surface area contributed by atoms with Crippen molar-refractivity contribution in [3.63, 3.8) is 0 Å². The maximum Gasteiger partial charge on any atom is 0.319 e. The zero-order chi connectivity index (χ0) is 22.1. The molecule has 0 aliphatic carbocycles. The van der Waals surface area contributed by atoms with E-state index in [9.17, 15) is 9.59 Å². The van der Waals surface area contributed by atoms with E-state index < -0.39 is 0 Å². The molecule has 0 radical (unpaired) electrons. The lowest BCUT2D eigenvalue weighted by molar-refractivity contribution is -0.122. The van der Waals surface area contributed by atoms with Gasteiger partial charge in [-0.05, 0) is 42.7 Å². The average Bonchev–Trinajstić information content (AvgIpc) is 2.79. The normalized spacial score (nSPS) is 14.5. The highest BCUT2D eigenvalue weighted by Gasteiger charge is 2.22. The molecule has 8 nitrogen and oxygen atoms in total. The number of hydrogen-bond acceptors (Lipinski definition) is 5. The van der Waals surface area contributed by atoms with E-state index >= 15 is 0 Å². The summed E-state index contributed by atoms with van der Waals surface area (Å²) in [4.78, 5) is 26.6. The Hall–Kier alpha value is -3.26. The third-order valence-corrected chi connectivity index (χ3v) is 5.26. The number of nitrogens with one attached hydrogen (secondary N) is 3. The molecule has 0 atom stereocenters. The predicted octanol–water partition coefficient (Wildman–Crippen LogP) is 2.61. The van der Waals surface area contributed by atoms with Crippen molar-refractivity contribution < 1.29 is 19.1 Å². The van der Waals surface area contributed by atoms with Crippen molar-refractivity contribution >= 4 is 17.6 Å². The van der Waals surface area contributed by atoms with Crippen LogP contribution in [0.15, 0.2) is 48.5 Å². The number of nitrogens with zero attached hydrogens (tertiary/aromatic N) is 1. The van der Waals surface area contributed by atoms with Gasteiger partial charge in [0.25, 0.3) is 0 Å². The summed E-state index contributed by atoms with van der Waals surface area (Å²) in [5, 5.41) is 8.79. The first kappa shape index (κ1) is 22.4. The number of para-hydroxylation sites is 1. The molecule has 1 heterocycles. The molecule has 3 rings (SSSR count). The minimum absolute atomic E-state index is 0.0250. The van der Waals surface area contributed by atoms with Gasteiger partial charge in [0.1, 0.15) is 0 Å². The fourth-order valence-corrected chi connectivity index (χ4v) is 3.56. The molecular formula is C23H30N4O4. The van der Waals surface area contributed by atoms with Crippen LogP contribution < -0.4 is 25.4 Å². The zero-order valence-corrected chi connectivity index (χ0v) is 18.0. The van der Waals surface area contributed by atoms with Crippen LogP contribution in [-0.4, -0.2) is 56.7 Å². The highest BCUT2D eigenvalue weighted by molar-refractivity contribution is 5.89. The number of methoxy groups -OCH3 is 2. The minimum atomic E-state index is -0.197. The third kappa shape index (κ3) is 6.89. The van der Waals surface area contributed by atoms with Gasteiger partial charge in [-0.15, -0.1) is 0 Å². The number of urea groups is 1. The predicted molar refractivity (Wildman–Crippen MR) is 119 cm³/mol. The summed E-state index contributed by atoms with van der Waals surface area (Å²) < 4.78 is 10.5. The van der Waals surface area contributed by atoms with Crippen molar-refractivity contribution in [1.29, 1.82) is 0 Å². The molecule has 0 aromatic heterocycles. The molecular weight excluding hydrogens is 396 g/mol. The van der Waals surface area contributed by atoms with Crippen LogP contribution in [0, 0.1) is 0 Å². The topological polar surface area (TPSA) is 91.9 Å². The molecule has 1 saturated heterocycles. The Kier molecular flexibility index (Phi) is 8.12. The highest BCUT2D eigenvalue weighted by Crippen LogP contribution is 2.27. The van der Waals surface area contributed by atoms with Gasteiger partial charge in [-0.2, -0.15) is 0 Å². The van der Waals surface area contributed by atoms with Crippen LogP contribution in [0.5, 0.6) is 11.5 Å². The van der Waals surface area contributed by atoms with Gasteiger partial charge in [0.05, 0.1) is 20.8 Å². The molecule has 31 heavy (non-hydrogen) atoms. The molecule has 0 spiro atoms. The van der Waals surface area contributed by atoms with E-state index in [0.717, 1.165) is 37.2 Å². The zero-order valence-electron chi connectivity index (χ0n) is 18.0. The Balaban J connectivity index is 1.36. The number of ether oxygens (including phenoxy) is 2. The monoisotopic (exact) mass is 426 g/mol. The van der Waals surface area contributed by atoms with Crippen molar-refractivity contribution in [2.75, 3.05) is 39.2 Å². The molecule has 0 unspecified atom stereocenters. The first-order chi connectivity index (χ1) is 15.1. The summed E-state index contributed by atoms with van der Waals surface area (Å²) in [6, 6.07) is 14.9. The van der Waals surface area contributed by atoms with E-state index in [2.05, 4.69) is 20.9 Å². The number of carbonyl (C=O) groups is 2. The highest BCUT2D eigenvalue weighted by atomic mass is 16.5. The lowest BCUT2D eigenvalue weighted by Gasteiger charge is -2.31. The second-order valence-corrected chi connectivity index (χ2v) is 7.48. The van der Waals surface area contributed by atoms with Crippen LogP contribution in [-0.2, 0) is 11.3 Å². The van der Waals surface area contributed by atoms with Crippen LogP contribution in [0.2, 0.25) is 0 Å². The van der Waals surface area contributed by atoms with Gasteiger partial charge < -0.3 is 25.4 Å². The fraction of sp³-hybridized carbons (Fsp3) is 0.391. The third-order valence-electron chi connectivity index (χ3n) is 5.26. The summed E-state index contributed by atoms with van der Waals surface area (Å²) in [6.45, 7) is 2.30. The molecule has 1 aliphatic heterocycles. The molecule has 8 heteroatoms. The van der Waals surface area contributed by atoms with E-state index in [1.54, 1.807) is 14.2 Å². The summed E-state index contributed by atoms with van der Waals surface area (Å²) in [5.74, 6) is 1.27. The quantitative estimate of drug-likeness (QED) is 0.604. The standard InChI is InChI=1S/C23H30N4O4/c1-30-20-9-8-17(14-21(20)31-2)15-24-22(28)16-27-12-10-19(11-13-27)26-23(29)25-18-6-4-3-5-7-18/h3-9,14,19H,10-13,15-16H2,1-2H3,(H,24,28)(H2,25,26,29). The van der Waals surface area contributed by atoms with Crippen LogP contribution in [0.25, 0.3) is 0 Å². The molecule has 1 aliphatic rings. The Morgan fingerprint density at radius 3 is 2.39 bits per heavy atom. The molecule has 3 amide bonds. The second kappa shape index (κ2) is 11.2. The number of likely N-dealkylation sites (tertiary alicyclic amines) is 1. The number of amides is 3. The van der Waals surface area contributed by atoms with Crippen LogP contribution >= 0.6 is 0 Å². The molecule has 0 bridgehead atoms. The number of carbonyl (C=O) groups excluding carboxylic acids is 2. The molecule has 1 fully saturated rings. The van der Waals surface area contributed by atoms with Gasteiger partial charge in [0.2, 0.25) is 5.91 Å². The van der Waals surface area contributed by atoms with Crippen molar-refractivity contribution in [2.24, 2.45) is 0 Å². The van der Waals surface area contributed by atoms with Gasteiger partial charge >= 0.3 is 6.03 Å².